The van der Waals surface area contributed by atoms with Crippen molar-refractivity contribution in [3.63, 3.8) is 0 Å². The number of morpholine rings is 1. The van der Waals surface area contributed by atoms with Crippen molar-refractivity contribution in [1.29, 1.82) is 0 Å². The Bertz CT molecular complexity index is 800. The number of carbonyl (C=O) groups is 1. The molecule has 1 N–H and O–H groups in total. The Morgan fingerprint density at radius 1 is 1.18 bits per heavy atom. The molecular weight excluding hydrogens is 352 g/mol. The van der Waals surface area contributed by atoms with Crippen LogP contribution in [0.15, 0.2) is 30.3 Å². The number of rotatable bonds is 7. The number of aromatic nitrogens is 1. The summed E-state index contributed by atoms with van der Waals surface area (Å²) >= 11 is 0. The molecule has 5 heteroatoms. The summed E-state index contributed by atoms with van der Waals surface area (Å²) in [6, 6.07) is 10.2. The predicted molar refractivity (Wildman–Crippen MR) is 111 cm³/mol. The van der Waals surface area contributed by atoms with Gasteiger partial charge in [-0.25, -0.2) is 0 Å². The number of nitrogens with zero attached hydrogens (tertiary/aromatic N) is 1. The lowest BCUT2D eigenvalue weighted by Gasteiger charge is -2.31. The Kier molecular flexibility index (Phi) is 6.57. The summed E-state index contributed by atoms with van der Waals surface area (Å²) in [5, 5.41) is 0. The summed E-state index contributed by atoms with van der Waals surface area (Å²) in [6.07, 6.45) is 1.35. The van der Waals surface area contributed by atoms with Gasteiger partial charge in [0, 0.05) is 23.5 Å². The smallest absolute Gasteiger partial charge is 0.218 e. The van der Waals surface area contributed by atoms with E-state index in [1.54, 1.807) is 7.11 Å². The van der Waals surface area contributed by atoms with E-state index in [2.05, 4.69) is 50.5 Å². The molecule has 1 aliphatic heterocycles. The number of ether oxygens (including phenoxy) is 2. The molecule has 2 atom stereocenters. The van der Waals surface area contributed by atoms with Crippen LogP contribution >= 0.6 is 0 Å². The lowest BCUT2D eigenvalue weighted by Crippen LogP contribution is -3.16. The van der Waals surface area contributed by atoms with Crippen LogP contribution in [-0.2, 0) is 17.7 Å². The summed E-state index contributed by atoms with van der Waals surface area (Å²) in [7, 11) is 1.68. The first-order valence-corrected chi connectivity index (χ1v) is 10.2. The largest absolute Gasteiger partial charge is 0.497 e. The number of methoxy groups -OCH3 is 1. The normalized spacial score (nSPS) is 22.2. The SMILES string of the molecule is COc1ccc(CCn2c(C)cc(C(=O)C[NH+]3C[C@H](C)O[C@@H](C)C3)c2C)cc1. The molecule has 2 aromatic rings. The summed E-state index contributed by atoms with van der Waals surface area (Å²) in [4.78, 5) is 14.3. The number of Topliss-reactive ketones (excluding diaryl/α,β-unsaturated/α-hetero) is 1. The molecule has 1 aromatic heterocycles. The molecule has 1 saturated heterocycles. The minimum Gasteiger partial charge on any atom is -0.497 e. The van der Waals surface area contributed by atoms with E-state index >= 15 is 0 Å². The molecule has 1 aromatic carbocycles. The van der Waals surface area contributed by atoms with E-state index in [9.17, 15) is 4.79 Å². The molecule has 0 amide bonds. The monoisotopic (exact) mass is 385 g/mol. The highest BCUT2D eigenvalue weighted by Crippen LogP contribution is 2.18. The summed E-state index contributed by atoms with van der Waals surface area (Å²) in [5.41, 5.74) is 4.35. The van der Waals surface area contributed by atoms with E-state index in [1.165, 1.54) is 10.5 Å². The number of ketones is 1. The van der Waals surface area contributed by atoms with Gasteiger partial charge in [0.25, 0.3) is 0 Å². The molecule has 152 valence electrons. The quantitative estimate of drug-likeness (QED) is 0.744. The number of hydrogen-bond acceptors (Lipinski definition) is 3. The fraction of sp³-hybridized carbons (Fsp3) is 0.522. The second kappa shape index (κ2) is 8.93. The van der Waals surface area contributed by atoms with Crippen molar-refractivity contribution in [2.45, 2.75) is 52.9 Å². The molecule has 0 saturated carbocycles. The fourth-order valence-electron chi connectivity index (χ4n) is 4.32. The van der Waals surface area contributed by atoms with E-state index in [1.807, 2.05) is 12.1 Å². The van der Waals surface area contributed by atoms with E-state index < -0.39 is 0 Å². The molecule has 0 radical (unpaired) electrons. The van der Waals surface area contributed by atoms with Crippen LogP contribution < -0.4 is 9.64 Å². The zero-order valence-corrected chi connectivity index (χ0v) is 17.7. The average Bonchev–Trinajstić information content (AvgIpc) is 2.93. The zero-order valence-electron chi connectivity index (χ0n) is 17.7. The second-order valence-corrected chi connectivity index (χ2v) is 8.05. The van der Waals surface area contributed by atoms with E-state index in [-0.39, 0.29) is 18.0 Å². The van der Waals surface area contributed by atoms with Crippen LogP contribution in [0.4, 0.5) is 0 Å². The Morgan fingerprint density at radius 3 is 2.43 bits per heavy atom. The Labute approximate surface area is 168 Å². The van der Waals surface area contributed by atoms with Gasteiger partial charge in [0.15, 0.2) is 0 Å². The van der Waals surface area contributed by atoms with Gasteiger partial charge in [-0.1, -0.05) is 12.1 Å². The van der Waals surface area contributed by atoms with Gasteiger partial charge < -0.3 is 18.9 Å². The van der Waals surface area contributed by atoms with E-state index in [0.717, 1.165) is 48.8 Å². The maximum absolute atomic E-state index is 13.0. The third-order valence-electron chi connectivity index (χ3n) is 5.68. The van der Waals surface area contributed by atoms with Crippen molar-refractivity contribution in [1.82, 2.24) is 4.57 Å². The second-order valence-electron chi connectivity index (χ2n) is 8.05. The molecule has 2 heterocycles. The van der Waals surface area contributed by atoms with Crippen LogP contribution in [0, 0.1) is 13.8 Å². The number of benzene rings is 1. The standard InChI is InChI=1S/C23H32N2O3/c1-16-12-22(23(26)15-24-13-17(2)28-18(3)14-24)19(4)25(16)11-10-20-6-8-21(27-5)9-7-20/h6-9,12,17-18H,10-11,13-15H2,1-5H3/p+1/t17-,18-/m0/s1. The van der Waals surface area contributed by atoms with Crippen LogP contribution in [0.1, 0.15) is 41.2 Å². The number of aryl methyl sites for hydroxylation is 2. The van der Waals surface area contributed by atoms with Crippen molar-refractivity contribution in [2.75, 3.05) is 26.7 Å². The maximum atomic E-state index is 13.0. The molecule has 28 heavy (non-hydrogen) atoms. The Hall–Kier alpha value is -2.11. The molecule has 0 unspecified atom stereocenters. The van der Waals surface area contributed by atoms with Crippen molar-refractivity contribution in [3.05, 3.63) is 52.8 Å². The zero-order chi connectivity index (χ0) is 20.3. The van der Waals surface area contributed by atoms with Crippen LogP contribution in [0.25, 0.3) is 0 Å². The number of carbonyl (C=O) groups excluding carboxylic acids is 1. The lowest BCUT2D eigenvalue weighted by atomic mass is 10.1. The Morgan fingerprint density at radius 2 is 1.82 bits per heavy atom. The van der Waals surface area contributed by atoms with Crippen LogP contribution in [-0.4, -0.2) is 49.3 Å². The first kappa shape index (κ1) is 20.6. The van der Waals surface area contributed by atoms with Crippen LogP contribution in [0.5, 0.6) is 5.75 Å². The Balaban J connectivity index is 1.65. The third-order valence-corrected chi connectivity index (χ3v) is 5.68. The van der Waals surface area contributed by atoms with Crippen molar-refractivity contribution >= 4 is 5.78 Å². The van der Waals surface area contributed by atoms with Gasteiger partial charge >= 0.3 is 0 Å². The third kappa shape index (κ3) is 4.83. The van der Waals surface area contributed by atoms with Crippen molar-refractivity contribution in [2.24, 2.45) is 0 Å². The topological polar surface area (TPSA) is 44.9 Å². The van der Waals surface area contributed by atoms with Crippen molar-refractivity contribution in [3.8, 4) is 5.75 Å². The molecule has 3 rings (SSSR count). The molecule has 0 bridgehead atoms. The molecular formula is C23H33N2O3+. The highest BCUT2D eigenvalue weighted by Gasteiger charge is 2.28. The minimum atomic E-state index is 0.212. The van der Waals surface area contributed by atoms with Gasteiger partial charge in [0.1, 0.15) is 37.6 Å². The fourth-order valence-corrected chi connectivity index (χ4v) is 4.32. The number of hydrogen-bond donors (Lipinski definition) is 1. The molecule has 0 aliphatic carbocycles. The molecule has 5 nitrogen and oxygen atoms in total. The van der Waals surface area contributed by atoms with E-state index in [0.29, 0.717) is 6.54 Å². The van der Waals surface area contributed by atoms with Gasteiger partial charge in [-0.15, -0.1) is 0 Å². The first-order valence-electron chi connectivity index (χ1n) is 10.2. The summed E-state index contributed by atoms with van der Waals surface area (Å²) < 4.78 is 13.3. The van der Waals surface area contributed by atoms with E-state index in [4.69, 9.17) is 9.47 Å². The highest BCUT2D eigenvalue weighted by atomic mass is 16.5. The molecule has 1 fully saturated rings. The van der Waals surface area contributed by atoms with Gasteiger partial charge in [-0.2, -0.15) is 0 Å². The van der Waals surface area contributed by atoms with Gasteiger partial charge in [-0.05, 0) is 57.9 Å². The summed E-state index contributed by atoms with van der Waals surface area (Å²) in [5.74, 6) is 1.11. The maximum Gasteiger partial charge on any atom is 0.218 e. The predicted octanol–water partition coefficient (Wildman–Crippen LogP) is 2.23. The minimum absolute atomic E-state index is 0.212. The van der Waals surface area contributed by atoms with Crippen LogP contribution in [0.2, 0.25) is 0 Å². The highest BCUT2D eigenvalue weighted by molar-refractivity contribution is 5.98. The van der Waals surface area contributed by atoms with Crippen molar-refractivity contribution < 1.29 is 19.2 Å². The summed E-state index contributed by atoms with van der Waals surface area (Å²) in [6.45, 7) is 11.5. The molecule has 1 aliphatic rings. The van der Waals surface area contributed by atoms with Gasteiger partial charge in [0.2, 0.25) is 5.78 Å². The number of nitrogens with one attached hydrogen (secondary N) is 1. The lowest BCUT2D eigenvalue weighted by molar-refractivity contribution is -0.906. The van der Waals surface area contributed by atoms with Gasteiger partial charge in [-0.3, -0.25) is 4.79 Å². The average molecular weight is 386 g/mol. The van der Waals surface area contributed by atoms with Gasteiger partial charge in [0.05, 0.1) is 7.11 Å². The number of quaternary nitrogens is 1. The first-order chi connectivity index (χ1) is 13.4. The molecule has 0 spiro atoms. The van der Waals surface area contributed by atoms with Crippen LogP contribution in [0.3, 0.4) is 0 Å².